The van der Waals surface area contributed by atoms with Gasteiger partial charge in [0.25, 0.3) is 0 Å². The third-order valence-electron chi connectivity index (χ3n) is 4.69. The average molecular weight is 321 g/mol. The second-order valence-corrected chi connectivity index (χ2v) is 6.31. The molecule has 1 aliphatic rings. The van der Waals surface area contributed by atoms with E-state index in [-0.39, 0.29) is 12.3 Å². The van der Waals surface area contributed by atoms with Crippen LogP contribution in [0.25, 0.3) is 0 Å². The SMILES string of the molecule is Cc1nc(=O)[nH]c(C)c1CCC(=O)N1CCCC[C@@]1(C)C(=O)O. The maximum Gasteiger partial charge on any atom is 0.345 e. The van der Waals surface area contributed by atoms with Crippen molar-refractivity contribution in [2.24, 2.45) is 0 Å². The van der Waals surface area contributed by atoms with Gasteiger partial charge in [-0.05, 0) is 52.0 Å². The molecule has 2 rings (SSSR count). The standard InChI is InChI=1S/C16H23N3O4/c1-10-12(11(2)18-15(23)17-10)6-7-13(20)19-9-5-4-8-16(19,3)14(21)22/h4-9H2,1-3H3,(H,21,22)(H,17,18,23)/t16-/m0/s1. The Morgan fingerprint density at radius 3 is 2.65 bits per heavy atom. The largest absolute Gasteiger partial charge is 0.480 e. The minimum absolute atomic E-state index is 0.167. The van der Waals surface area contributed by atoms with Gasteiger partial charge < -0.3 is 15.0 Å². The van der Waals surface area contributed by atoms with Gasteiger partial charge in [0.2, 0.25) is 5.91 Å². The van der Waals surface area contributed by atoms with Crippen LogP contribution >= 0.6 is 0 Å². The Balaban J connectivity index is 2.13. The zero-order valence-corrected chi connectivity index (χ0v) is 13.8. The number of hydrogen-bond donors (Lipinski definition) is 2. The Morgan fingerprint density at radius 2 is 2.04 bits per heavy atom. The van der Waals surface area contributed by atoms with Gasteiger partial charge in [-0.1, -0.05) is 0 Å². The van der Waals surface area contributed by atoms with Crippen LogP contribution in [0.5, 0.6) is 0 Å². The predicted molar refractivity (Wildman–Crippen MR) is 84.3 cm³/mol. The van der Waals surface area contributed by atoms with Crippen molar-refractivity contribution in [1.29, 1.82) is 0 Å². The second kappa shape index (κ2) is 6.52. The van der Waals surface area contributed by atoms with Crippen LogP contribution in [0, 0.1) is 13.8 Å². The molecule has 1 aromatic rings. The van der Waals surface area contributed by atoms with Crippen LogP contribution < -0.4 is 5.69 Å². The molecule has 126 valence electrons. The molecule has 0 bridgehead atoms. The van der Waals surface area contributed by atoms with E-state index in [1.807, 2.05) is 0 Å². The van der Waals surface area contributed by atoms with Gasteiger partial charge in [-0.25, -0.2) is 9.59 Å². The molecule has 0 aliphatic carbocycles. The summed E-state index contributed by atoms with van der Waals surface area (Å²) in [5, 5.41) is 9.48. The van der Waals surface area contributed by atoms with E-state index in [1.165, 1.54) is 4.90 Å². The molecular formula is C16H23N3O4. The van der Waals surface area contributed by atoms with Crippen molar-refractivity contribution >= 4 is 11.9 Å². The zero-order chi connectivity index (χ0) is 17.2. The summed E-state index contributed by atoms with van der Waals surface area (Å²) < 4.78 is 0. The van der Waals surface area contributed by atoms with Crippen molar-refractivity contribution in [3.63, 3.8) is 0 Å². The Labute approximate surface area is 134 Å². The van der Waals surface area contributed by atoms with Crippen LogP contribution in [0.3, 0.4) is 0 Å². The van der Waals surface area contributed by atoms with Gasteiger partial charge in [-0.2, -0.15) is 4.98 Å². The second-order valence-electron chi connectivity index (χ2n) is 6.31. The third kappa shape index (κ3) is 3.43. The van der Waals surface area contributed by atoms with Crippen molar-refractivity contribution in [2.45, 2.75) is 58.4 Å². The molecule has 1 amide bonds. The number of hydrogen-bond acceptors (Lipinski definition) is 4. The number of H-pyrrole nitrogens is 1. The predicted octanol–water partition coefficient (Wildman–Crippen LogP) is 1.18. The number of carbonyl (C=O) groups is 2. The highest BCUT2D eigenvalue weighted by atomic mass is 16.4. The van der Waals surface area contributed by atoms with Gasteiger partial charge in [0, 0.05) is 24.4 Å². The Kier molecular flexibility index (Phi) is 4.87. The average Bonchev–Trinajstić information content (AvgIpc) is 2.46. The number of aromatic amines is 1. The van der Waals surface area contributed by atoms with E-state index in [1.54, 1.807) is 20.8 Å². The van der Waals surface area contributed by atoms with Gasteiger partial charge in [-0.15, -0.1) is 0 Å². The lowest BCUT2D eigenvalue weighted by atomic mass is 9.88. The Hall–Kier alpha value is -2.18. The number of nitrogens with zero attached hydrogens (tertiary/aromatic N) is 2. The fourth-order valence-electron chi connectivity index (χ4n) is 3.23. The molecule has 23 heavy (non-hydrogen) atoms. The molecule has 0 spiro atoms. The quantitative estimate of drug-likeness (QED) is 0.866. The fourth-order valence-corrected chi connectivity index (χ4v) is 3.23. The van der Waals surface area contributed by atoms with E-state index >= 15 is 0 Å². The lowest BCUT2D eigenvalue weighted by Gasteiger charge is -2.41. The Bertz CT molecular complexity index is 656. The molecule has 0 unspecified atom stereocenters. The van der Waals surface area contributed by atoms with E-state index in [9.17, 15) is 19.5 Å². The van der Waals surface area contributed by atoms with Gasteiger partial charge >= 0.3 is 11.7 Å². The van der Waals surface area contributed by atoms with Crippen molar-refractivity contribution in [3.05, 3.63) is 27.4 Å². The summed E-state index contributed by atoms with van der Waals surface area (Å²) in [6.45, 7) is 5.61. The highest BCUT2D eigenvalue weighted by molar-refractivity contribution is 5.87. The van der Waals surface area contributed by atoms with Crippen molar-refractivity contribution in [1.82, 2.24) is 14.9 Å². The van der Waals surface area contributed by atoms with Crippen LogP contribution in [-0.4, -0.2) is 43.9 Å². The maximum atomic E-state index is 12.6. The normalized spacial score (nSPS) is 21.3. The number of amides is 1. The van der Waals surface area contributed by atoms with E-state index in [0.29, 0.717) is 30.8 Å². The highest BCUT2D eigenvalue weighted by Gasteiger charge is 2.43. The fraction of sp³-hybridized carbons (Fsp3) is 0.625. The molecule has 7 heteroatoms. The summed E-state index contributed by atoms with van der Waals surface area (Å²) in [4.78, 5) is 43.4. The highest BCUT2D eigenvalue weighted by Crippen LogP contribution is 2.29. The number of nitrogens with one attached hydrogen (secondary N) is 1. The minimum atomic E-state index is -1.12. The van der Waals surface area contributed by atoms with Crippen LogP contribution in [0.2, 0.25) is 0 Å². The summed E-state index contributed by atoms with van der Waals surface area (Å²) in [7, 11) is 0. The number of aromatic nitrogens is 2. The number of carboxylic acid groups (broad SMARTS) is 1. The van der Waals surface area contributed by atoms with Gasteiger partial charge in [0.1, 0.15) is 5.54 Å². The number of aliphatic carboxylic acids is 1. The van der Waals surface area contributed by atoms with Gasteiger partial charge in [0.05, 0.1) is 0 Å². The monoisotopic (exact) mass is 321 g/mol. The van der Waals surface area contributed by atoms with Gasteiger partial charge in [0.15, 0.2) is 0 Å². The first kappa shape index (κ1) is 17.2. The number of carbonyl (C=O) groups excluding carboxylic acids is 1. The molecule has 0 aromatic carbocycles. The topological polar surface area (TPSA) is 103 Å². The first-order chi connectivity index (χ1) is 10.8. The van der Waals surface area contributed by atoms with Crippen LogP contribution in [0.4, 0.5) is 0 Å². The molecule has 0 radical (unpaired) electrons. The molecule has 1 aromatic heterocycles. The summed E-state index contributed by atoms with van der Waals surface area (Å²) in [5.74, 6) is -1.12. The number of aryl methyl sites for hydroxylation is 2. The van der Waals surface area contributed by atoms with Crippen LogP contribution in [-0.2, 0) is 16.0 Å². The lowest BCUT2D eigenvalue weighted by molar-refractivity contribution is -0.161. The maximum absolute atomic E-state index is 12.6. The van der Waals surface area contributed by atoms with E-state index in [4.69, 9.17) is 0 Å². The molecule has 2 N–H and O–H groups in total. The van der Waals surface area contributed by atoms with Crippen molar-refractivity contribution in [3.8, 4) is 0 Å². The summed E-state index contributed by atoms with van der Waals surface area (Å²) in [5.41, 5.74) is 0.632. The zero-order valence-electron chi connectivity index (χ0n) is 13.8. The number of rotatable bonds is 4. The Morgan fingerprint density at radius 1 is 1.35 bits per heavy atom. The molecule has 1 aliphatic heterocycles. The summed E-state index contributed by atoms with van der Waals surface area (Å²) >= 11 is 0. The lowest BCUT2D eigenvalue weighted by Crippen LogP contribution is -2.57. The van der Waals surface area contributed by atoms with E-state index < -0.39 is 17.2 Å². The number of likely N-dealkylation sites (tertiary alicyclic amines) is 1. The first-order valence-electron chi connectivity index (χ1n) is 7.86. The summed E-state index contributed by atoms with van der Waals surface area (Å²) in [6, 6.07) is 0. The van der Waals surface area contributed by atoms with Gasteiger partial charge in [-0.3, -0.25) is 4.79 Å². The number of piperidine rings is 1. The van der Waals surface area contributed by atoms with E-state index in [2.05, 4.69) is 9.97 Å². The molecule has 0 saturated carbocycles. The van der Waals surface area contributed by atoms with Crippen LogP contribution in [0.1, 0.15) is 49.6 Å². The molecule has 1 saturated heterocycles. The number of carboxylic acids is 1. The molecule has 2 heterocycles. The minimum Gasteiger partial charge on any atom is -0.480 e. The smallest absolute Gasteiger partial charge is 0.345 e. The van der Waals surface area contributed by atoms with Crippen LogP contribution in [0.15, 0.2) is 4.79 Å². The first-order valence-corrected chi connectivity index (χ1v) is 7.86. The summed E-state index contributed by atoms with van der Waals surface area (Å²) in [6.07, 6.45) is 2.76. The molecular weight excluding hydrogens is 298 g/mol. The molecule has 1 fully saturated rings. The molecule has 1 atom stereocenters. The van der Waals surface area contributed by atoms with E-state index in [0.717, 1.165) is 18.4 Å². The third-order valence-corrected chi connectivity index (χ3v) is 4.69. The van der Waals surface area contributed by atoms with Crippen molar-refractivity contribution in [2.75, 3.05) is 6.54 Å². The molecule has 7 nitrogen and oxygen atoms in total. The van der Waals surface area contributed by atoms with Crippen molar-refractivity contribution < 1.29 is 14.7 Å².